The molecule has 0 amide bonds. The maximum Gasteiger partial charge on any atom is 0.327 e. The minimum Gasteiger partial charge on any atom is -0.508 e. The Morgan fingerprint density at radius 2 is 1.64 bits per heavy atom. The van der Waals surface area contributed by atoms with E-state index in [0.29, 0.717) is 5.82 Å². The van der Waals surface area contributed by atoms with Gasteiger partial charge >= 0.3 is 5.97 Å². The van der Waals surface area contributed by atoms with E-state index >= 15 is 0 Å². The molecule has 4 aromatic rings. The Morgan fingerprint density at radius 3 is 2.33 bits per heavy atom. The molecule has 1 aliphatic rings. The summed E-state index contributed by atoms with van der Waals surface area (Å²) >= 11 is 0. The minimum atomic E-state index is -1.02. The number of hydrogen-bond acceptors (Lipinski definition) is 7. The number of phenolic OH excluding ortho intramolecular Hbond substituents is 1. The van der Waals surface area contributed by atoms with E-state index in [-0.39, 0.29) is 18.3 Å². The maximum absolute atomic E-state index is 10.9. The highest BCUT2D eigenvalue weighted by Gasteiger charge is 2.27. The van der Waals surface area contributed by atoms with Gasteiger partial charge in [-0.2, -0.15) is 4.80 Å². The fourth-order valence-corrected chi connectivity index (χ4v) is 4.69. The average Bonchev–Trinajstić information content (AvgIpc) is 3.34. The van der Waals surface area contributed by atoms with Gasteiger partial charge in [-0.05, 0) is 34.0 Å². The highest BCUT2D eigenvalue weighted by molar-refractivity contribution is 5.66. The molecule has 1 saturated heterocycles. The smallest absolute Gasteiger partial charge is 0.327 e. The zero-order valence-corrected chi connectivity index (χ0v) is 19.8. The van der Waals surface area contributed by atoms with Gasteiger partial charge in [0, 0.05) is 38.3 Å². The van der Waals surface area contributed by atoms with Crippen LogP contribution in [0.15, 0.2) is 78.9 Å². The normalized spacial score (nSPS) is 15.6. The van der Waals surface area contributed by atoms with Crippen molar-refractivity contribution in [1.29, 1.82) is 0 Å². The lowest BCUT2D eigenvalue weighted by molar-refractivity contribution is -0.138. The van der Waals surface area contributed by atoms with Crippen molar-refractivity contribution in [3.63, 3.8) is 0 Å². The van der Waals surface area contributed by atoms with Crippen molar-refractivity contribution < 1.29 is 15.0 Å². The predicted octanol–water partition coefficient (Wildman–Crippen LogP) is 3.04. The van der Waals surface area contributed by atoms with E-state index in [2.05, 4.69) is 49.5 Å². The summed E-state index contributed by atoms with van der Waals surface area (Å²) in [4.78, 5) is 16.9. The van der Waals surface area contributed by atoms with Gasteiger partial charge in [-0.3, -0.25) is 14.6 Å². The number of aliphatic carboxylic acids is 1. The molecule has 5 rings (SSSR count). The van der Waals surface area contributed by atoms with Crippen LogP contribution in [-0.4, -0.2) is 72.4 Å². The monoisotopic (exact) mass is 484 g/mol. The van der Waals surface area contributed by atoms with Crippen LogP contribution in [0.2, 0.25) is 0 Å². The Hall–Kier alpha value is -4.08. The summed E-state index contributed by atoms with van der Waals surface area (Å²) < 4.78 is 0. The molecule has 2 N–H and O–H groups in total. The number of tetrazole rings is 1. The summed E-state index contributed by atoms with van der Waals surface area (Å²) in [6, 6.07) is 25.9. The molecule has 0 aliphatic carbocycles. The molecule has 1 aromatic heterocycles. The number of phenols is 1. The third-order valence-electron chi connectivity index (χ3n) is 6.42. The topological polar surface area (TPSA) is 108 Å². The first kappa shape index (κ1) is 23.7. The van der Waals surface area contributed by atoms with Crippen LogP contribution in [0.3, 0.4) is 0 Å². The van der Waals surface area contributed by atoms with Crippen molar-refractivity contribution in [2.75, 3.05) is 26.2 Å². The standard InChI is InChI=1S/C27H28N6O3/c34-24-8-4-7-23(17-24)26(32-15-13-31(14-16-32)18-20-5-2-1-3-6-20)21-9-11-22(12-10-21)27-28-30-33(29-27)19-25(35)36/h1-12,17,26,34H,13-16,18-19H2,(H,35,36). The summed E-state index contributed by atoms with van der Waals surface area (Å²) in [5, 5.41) is 31.1. The van der Waals surface area contributed by atoms with E-state index in [1.807, 2.05) is 48.5 Å². The largest absolute Gasteiger partial charge is 0.508 e. The zero-order chi connectivity index (χ0) is 24.9. The van der Waals surface area contributed by atoms with E-state index in [1.165, 1.54) is 5.56 Å². The van der Waals surface area contributed by atoms with E-state index in [1.54, 1.807) is 6.07 Å². The predicted molar refractivity (Wildman–Crippen MR) is 134 cm³/mol. The van der Waals surface area contributed by atoms with Crippen LogP contribution in [0, 0.1) is 0 Å². The van der Waals surface area contributed by atoms with Gasteiger partial charge in [0.2, 0.25) is 5.82 Å². The third kappa shape index (κ3) is 5.59. The SMILES string of the molecule is O=C(O)Cn1nnc(-c2ccc(C(c3cccc(O)c3)N3CCN(Cc4ccccc4)CC3)cc2)n1. The van der Waals surface area contributed by atoms with Crippen LogP contribution in [0.25, 0.3) is 11.4 Å². The van der Waals surface area contributed by atoms with Crippen molar-refractivity contribution in [3.8, 4) is 17.1 Å². The van der Waals surface area contributed by atoms with Gasteiger partial charge < -0.3 is 10.2 Å². The number of carbonyl (C=O) groups is 1. The number of piperazine rings is 1. The Labute approximate surface area is 209 Å². The first-order valence-corrected chi connectivity index (χ1v) is 11.9. The molecule has 0 saturated carbocycles. The number of benzene rings is 3. The quantitative estimate of drug-likeness (QED) is 0.393. The van der Waals surface area contributed by atoms with Crippen molar-refractivity contribution in [2.45, 2.75) is 19.1 Å². The molecular weight excluding hydrogens is 456 g/mol. The summed E-state index contributed by atoms with van der Waals surface area (Å²) in [6.45, 7) is 4.33. The number of aromatic hydroxyl groups is 1. The summed E-state index contributed by atoms with van der Waals surface area (Å²) in [5.74, 6) is -0.394. The molecule has 1 aliphatic heterocycles. The van der Waals surface area contributed by atoms with Gasteiger partial charge in [0.1, 0.15) is 5.75 Å². The maximum atomic E-state index is 10.9. The van der Waals surface area contributed by atoms with Crippen molar-refractivity contribution in [2.24, 2.45) is 0 Å². The van der Waals surface area contributed by atoms with Crippen LogP contribution < -0.4 is 0 Å². The van der Waals surface area contributed by atoms with Crippen LogP contribution in [-0.2, 0) is 17.9 Å². The molecule has 9 heteroatoms. The highest BCUT2D eigenvalue weighted by atomic mass is 16.4. The molecular formula is C27H28N6O3. The number of hydrogen-bond donors (Lipinski definition) is 2. The van der Waals surface area contributed by atoms with E-state index in [0.717, 1.165) is 54.2 Å². The second-order valence-electron chi connectivity index (χ2n) is 8.95. The Kier molecular flexibility index (Phi) is 7.01. The molecule has 0 spiro atoms. The van der Waals surface area contributed by atoms with Crippen LogP contribution in [0.1, 0.15) is 22.7 Å². The van der Waals surface area contributed by atoms with Gasteiger partial charge in [0.25, 0.3) is 0 Å². The van der Waals surface area contributed by atoms with Crippen LogP contribution >= 0.6 is 0 Å². The average molecular weight is 485 g/mol. The van der Waals surface area contributed by atoms with Gasteiger partial charge in [0.15, 0.2) is 6.54 Å². The van der Waals surface area contributed by atoms with Gasteiger partial charge in [-0.25, -0.2) is 0 Å². The lowest BCUT2D eigenvalue weighted by atomic mass is 9.95. The molecule has 0 bridgehead atoms. The van der Waals surface area contributed by atoms with Crippen LogP contribution in [0.5, 0.6) is 5.75 Å². The molecule has 1 fully saturated rings. The lowest BCUT2D eigenvalue weighted by Gasteiger charge is -2.40. The number of rotatable bonds is 8. The molecule has 9 nitrogen and oxygen atoms in total. The van der Waals surface area contributed by atoms with E-state index in [4.69, 9.17) is 5.11 Å². The van der Waals surface area contributed by atoms with E-state index < -0.39 is 5.97 Å². The fraction of sp³-hybridized carbons (Fsp3) is 0.259. The molecule has 1 atom stereocenters. The minimum absolute atomic E-state index is 0.0133. The number of aromatic nitrogens is 4. The molecule has 2 heterocycles. The van der Waals surface area contributed by atoms with Crippen molar-refractivity contribution in [3.05, 3.63) is 95.6 Å². The Balaban J connectivity index is 1.35. The number of nitrogens with zero attached hydrogens (tertiary/aromatic N) is 6. The lowest BCUT2D eigenvalue weighted by Crippen LogP contribution is -2.47. The summed E-state index contributed by atoms with van der Waals surface area (Å²) in [7, 11) is 0. The van der Waals surface area contributed by atoms with Crippen molar-refractivity contribution >= 4 is 5.97 Å². The number of carboxylic acid groups (broad SMARTS) is 1. The zero-order valence-electron chi connectivity index (χ0n) is 19.8. The second-order valence-corrected chi connectivity index (χ2v) is 8.95. The molecule has 36 heavy (non-hydrogen) atoms. The second kappa shape index (κ2) is 10.7. The van der Waals surface area contributed by atoms with Gasteiger partial charge in [-0.1, -0.05) is 66.7 Å². The Morgan fingerprint density at radius 1 is 0.889 bits per heavy atom. The van der Waals surface area contributed by atoms with E-state index in [9.17, 15) is 9.90 Å². The van der Waals surface area contributed by atoms with Crippen LogP contribution in [0.4, 0.5) is 0 Å². The molecule has 1 unspecified atom stereocenters. The first-order valence-electron chi connectivity index (χ1n) is 11.9. The molecule has 0 radical (unpaired) electrons. The molecule has 184 valence electrons. The van der Waals surface area contributed by atoms with Crippen molar-refractivity contribution in [1.82, 2.24) is 30.0 Å². The first-order chi connectivity index (χ1) is 17.5. The van der Waals surface area contributed by atoms with Gasteiger partial charge in [-0.15, -0.1) is 10.2 Å². The Bertz CT molecular complexity index is 1300. The summed E-state index contributed by atoms with van der Waals surface area (Å²) in [6.07, 6.45) is 0. The third-order valence-corrected chi connectivity index (χ3v) is 6.42. The fourth-order valence-electron chi connectivity index (χ4n) is 4.69. The highest BCUT2D eigenvalue weighted by Crippen LogP contribution is 2.32. The summed E-state index contributed by atoms with van der Waals surface area (Å²) in [5.41, 5.74) is 4.21. The molecule has 3 aromatic carbocycles. The van der Waals surface area contributed by atoms with Gasteiger partial charge in [0.05, 0.1) is 6.04 Å². The number of carboxylic acids is 1.